The monoisotopic (exact) mass is 313 g/mol. The SMILES string of the molecule is Cc1cc2nc(-c3ccc(F)cc3)n(CC(N)=S)c2cc1C. The number of hydrogen-bond acceptors (Lipinski definition) is 2. The number of aryl methyl sites for hydroxylation is 2. The molecule has 0 fully saturated rings. The van der Waals surface area contributed by atoms with Crippen molar-refractivity contribution in [2.24, 2.45) is 5.73 Å². The Hall–Kier alpha value is -2.27. The minimum atomic E-state index is -0.271. The van der Waals surface area contributed by atoms with Crippen molar-refractivity contribution in [3.05, 3.63) is 53.3 Å². The summed E-state index contributed by atoms with van der Waals surface area (Å²) in [5.41, 5.74) is 10.8. The highest BCUT2D eigenvalue weighted by Gasteiger charge is 2.14. The Morgan fingerprint density at radius 2 is 1.82 bits per heavy atom. The molecule has 0 saturated carbocycles. The van der Waals surface area contributed by atoms with E-state index in [9.17, 15) is 4.39 Å². The highest BCUT2D eigenvalue weighted by molar-refractivity contribution is 7.80. The van der Waals surface area contributed by atoms with Gasteiger partial charge >= 0.3 is 0 Å². The van der Waals surface area contributed by atoms with Crippen LogP contribution in [0.25, 0.3) is 22.4 Å². The lowest BCUT2D eigenvalue weighted by atomic mass is 10.1. The molecule has 22 heavy (non-hydrogen) atoms. The number of rotatable bonds is 3. The molecule has 0 spiro atoms. The Morgan fingerprint density at radius 1 is 1.18 bits per heavy atom. The molecule has 5 heteroatoms. The van der Waals surface area contributed by atoms with E-state index in [2.05, 4.69) is 19.9 Å². The smallest absolute Gasteiger partial charge is 0.141 e. The van der Waals surface area contributed by atoms with Gasteiger partial charge in [0, 0.05) is 5.56 Å². The van der Waals surface area contributed by atoms with Gasteiger partial charge in [-0.1, -0.05) is 12.2 Å². The van der Waals surface area contributed by atoms with Gasteiger partial charge in [-0.15, -0.1) is 0 Å². The van der Waals surface area contributed by atoms with E-state index in [0.29, 0.717) is 11.5 Å². The van der Waals surface area contributed by atoms with Gasteiger partial charge in [0.05, 0.1) is 22.6 Å². The van der Waals surface area contributed by atoms with Gasteiger partial charge in [-0.3, -0.25) is 0 Å². The molecule has 3 aromatic rings. The normalized spacial score (nSPS) is 11.0. The van der Waals surface area contributed by atoms with Gasteiger partial charge in [0.25, 0.3) is 0 Å². The van der Waals surface area contributed by atoms with Crippen molar-refractivity contribution in [2.75, 3.05) is 0 Å². The summed E-state index contributed by atoms with van der Waals surface area (Å²) in [4.78, 5) is 5.08. The molecule has 0 bridgehead atoms. The number of fused-ring (bicyclic) bond motifs is 1. The van der Waals surface area contributed by atoms with E-state index in [1.54, 1.807) is 12.1 Å². The summed E-state index contributed by atoms with van der Waals surface area (Å²) in [5, 5.41) is 0. The Labute approximate surface area is 133 Å². The van der Waals surface area contributed by atoms with Crippen LogP contribution in [0.15, 0.2) is 36.4 Å². The van der Waals surface area contributed by atoms with Crippen LogP contribution in [0.2, 0.25) is 0 Å². The van der Waals surface area contributed by atoms with Crippen molar-refractivity contribution < 1.29 is 4.39 Å². The first-order valence-corrected chi connectivity index (χ1v) is 7.38. The molecule has 0 amide bonds. The standard InChI is InChI=1S/C17H16FN3S/c1-10-7-14-15(8-11(10)2)21(9-16(19)22)17(20-14)12-3-5-13(18)6-4-12/h3-8H,9H2,1-2H3,(H2,19,22). The average molecular weight is 313 g/mol. The molecular weight excluding hydrogens is 297 g/mol. The molecule has 1 heterocycles. The molecule has 3 nitrogen and oxygen atoms in total. The number of hydrogen-bond donors (Lipinski definition) is 1. The van der Waals surface area contributed by atoms with Crippen LogP contribution in [0.4, 0.5) is 4.39 Å². The first kappa shape index (κ1) is 14.7. The Balaban J connectivity index is 2.28. The summed E-state index contributed by atoms with van der Waals surface area (Å²) in [7, 11) is 0. The third-order valence-electron chi connectivity index (χ3n) is 3.78. The van der Waals surface area contributed by atoms with Gasteiger partial charge in [0.2, 0.25) is 0 Å². The van der Waals surface area contributed by atoms with Crippen LogP contribution in [0.3, 0.4) is 0 Å². The molecule has 2 aromatic carbocycles. The maximum atomic E-state index is 13.2. The molecule has 0 aliphatic heterocycles. The second-order valence-corrected chi connectivity index (χ2v) is 5.94. The molecule has 0 saturated heterocycles. The summed E-state index contributed by atoms with van der Waals surface area (Å²) in [5.74, 6) is 0.472. The van der Waals surface area contributed by atoms with Crippen LogP contribution in [-0.2, 0) is 6.54 Å². The molecular formula is C17H16FN3S. The van der Waals surface area contributed by atoms with Crippen LogP contribution >= 0.6 is 12.2 Å². The van der Waals surface area contributed by atoms with Gasteiger partial charge in [0.1, 0.15) is 11.6 Å². The van der Waals surface area contributed by atoms with Crippen molar-refractivity contribution in [1.82, 2.24) is 9.55 Å². The van der Waals surface area contributed by atoms with E-state index < -0.39 is 0 Å². The zero-order valence-corrected chi connectivity index (χ0v) is 13.2. The summed E-state index contributed by atoms with van der Waals surface area (Å²) in [6.07, 6.45) is 0. The predicted octanol–water partition coefficient (Wildman–Crippen LogP) is 3.75. The van der Waals surface area contributed by atoms with Gasteiger partial charge in [-0.25, -0.2) is 9.37 Å². The van der Waals surface area contributed by atoms with Crippen molar-refractivity contribution in [3.63, 3.8) is 0 Å². The van der Waals surface area contributed by atoms with Gasteiger partial charge in [0.15, 0.2) is 0 Å². The molecule has 0 unspecified atom stereocenters. The van der Waals surface area contributed by atoms with E-state index in [1.165, 1.54) is 23.3 Å². The first-order chi connectivity index (χ1) is 10.5. The number of thiocarbonyl (C=S) groups is 1. The van der Waals surface area contributed by atoms with Crippen molar-refractivity contribution in [2.45, 2.75) is 20.4 Å². The highest BCUT2D eigenvalue weighted by atomic mass is 32.1. The summed E-state index contributed by atoms with van der Waals surface area (Å²) in [6, 6.07) is 10.4. The molecule has 0 atom stereocenters. The van der Waals surface area contributed by atoms with Crippen LogP contribution in [-0.4, -0.2) is 14.5 Å². The van der Waals surface area contributed by atoms with Crippen molar-refractivity contribution >= 4 is 28.2 Å². The van der Waals surface area contributed by atoms with Crippen LogP contribution in [0.1, 0.15) is 11.1 Å². The minimum absolute atomic E-state index is 0.271. The molecule has 0 radical (unpaired) electrons. The van der Waals surface area contributed by atoms with Crippen molar-refractivity contribution in [3.8, 4) is 11.4 Å². The first-order valence-electron chi connectivity index (χ1n) is 6.97. The third-order valence-corrected chi connectivity index (χ3v) is 3.91. The minimum Gasteiger partial charge on any atom is -0.392 e. The van der Waals surface area contributed by atoms with Crippen LogP contribution in [0.5, 0.6) is 0 Å². The third kappa shape index (κ3) is 2.60. The topological polar surface area (TPSA) is 43.8 Å². The molecule has 112 valence electrons. The molecule has 1 aromatic heterocycles. The number of nitrogens with zero attached hydrogens (tertiary/aromatic N) is 2. The molecule has 3 rings (SSSR count). The number of imidazole rings is 1. The van der Waals surface area contributed by atoms with E-state index in [1.807, 2.05) is 10.6 Å². The number of nitrogens with two attached hydrogens (primary N) is 1. The quantitative estimate of drug-likeness (QED) is 0.749. The van der Waals surface area contributed by atoms with E-state index in [4.69, 9.17) is 22.9 Å². The number of benzene rings is 2. The fourth-order valence-electron chi connectivity index (χ4n) is 2.52. The van der Waals surface area contributed by atoms with Gasteiger partial charge in [-0.2, -0.15) is 0 Å². The van der Waals surface area contributed by atoms with Gasteiger partial charge < -0.3 is 10.3 Å². The lowest BCUT2D eigenvalue weighted by Crippen LogP contribution is -2.17. The van der Waals surface area contributed by atoms with E-state index >= 15 is 0 Å². The summed E-state index contributed by atoms with van der Waals surface area (Å²) >= 11 is 5.06. The van der Waals surface area contributed by atoms with E-state index in [0.717, 1.165) is 22.4 Å². The number of aromatic nitrogens is 2. The fourth-order valence-corrected chi connectivity index (χ4v) is 2.64. The lowest BCUT2D eigenvalue weighted by molar-refractivity contribution is 0.628. The van der Waals surface area contributed by atoms with Crippen molar-refractivity contribution in [1.29, 1.82) is 0 Å². The predicted molar refractivity (Wildman–Crippen MR) is 91.4 cm³/mol. The van der Waals surface area contributed by atoms with Crippen LogP contribution < -0.4 is 5.73 Å². The second-order valence-electron chi connectivity index (χ2n) is 5.42. The highest BCUT2D eigenvalue weighted by Crippen LogP contribution is 2.27. The van der Waals surface area contributed by atoms with Gasteiger partial charge in [-0.05, 0) is 61.4 Å². The maximum Gasteiger partial charge on any atom is 0.141 e. The largest absolute Gasteiger partial charge is 0.392 e. The lowest BCUT2D eigenvalue weighted by Gasteiger charge is -2.09. The molecule has 0 aliphatic rings. The summed E-state index contributed by atoms with van der Waals surface area (Å²) in [6.45, 7) is 4.52. The molecule has 0 aliphatic carbocycles. The second kappa shape index (κ2) is 5.50. The van der Waals surface area contributed by atoms with Crippen LogP contribution in [0, 0.1) is 19.7 Å². The zero-order valence-electron chi connectivity index (χ0n) is 12.4. The summed E-state index contributed by atoms with van der Waals surface area (Å²) < 4.78 is 15.1. The number of halogens is 1. The Bertz CT molecular complexity index is 866. The van der Waals surface area contributed by atoms with E-state index in [-0.39, 0.29) is 5.82 Å². The Morgan fingerprint density at radius 3 is 2.45 bits per heavy atom. The zero-order chi connectivity index (χ0) is 15.9. The maximum absolute atomic E-state index is 13.2. The molecule has 2 N–H and O–H groups in total. The average Bonchev–Trinajstić information content (AvgIpc) is 2.78. The Kier molecular flexibility index (Phi) is 3.66. The fraction of sp³-hybridized carbons (Fsp3) is 0.176.